The third-order valence-electron chi connectivity index (χ3n) is 2.51. The fourth-order valence-electron chi connectivity index (χ4n) is 1.35. The molecule has 1 aromatic carbocycles. The number of ether oxygens (including phenoxy) is 2. The summed E-state index contributed by atoms with van der Waals surface area (Å²) in [5.74, 6) is -2.57. The molecule has 1 aromatic rings. The van der Waals surface area contributed by atoms with Crippen molar-refractivity contribution in [3.63, 3.8) is 0 Å². The van der Waals surface area contributed by atoms with E-state index < -0.39 is 24.9 Å². The van der Waals surface area contributed by atoms with E-state index in [9.17, 15) is 13.6 Å². The predicted octanol–water partition coefficient (Wildman–Crippen LogP) is 1.56. The average molecular weight is 302 g/mol. The minimum Gasteiger partial charge on any atom is -0.494 e. The zero-order chi connectivity index (χ0) is 15.7. The second kappa shape index (κ2) is 8.41. The lowest BCUT2D eigenvalue weighted by Gasteiger charge is -2.14. The minimum absolute atomic E-state index is 0.337. The molecule has 7 heteroatoms. The van der Waals surface area contributed by atoms with Crippen molar-refractivity contribution in [2.24, 2.45) is 5.73 Å². The normalized spacial score (nSPS) is 11.0. The number of nitrogens with two attached hydrogens (primary N) is 1. The van der Waals surface area contributed by atoms with Crippen LogP contribution in [0.15, 0.2) is 24.3 Å². The Kier molecular flexibility index (Phi) is 6.87. The maximum Gasteiger partial charge on any atom is 0.277 e. The van der Waals surface area contributed by atoms with Gasteiger partial charge in [0.2, 0.25) is 0 Å². The lowest BCUT2D eigenvalue weighted by molar-refractivity contribution is -0.124. The Labute approximate surface area is 122 Å². The van der Waals surface area contributed by atoms with E-state index >= 15 is 0 Å². The highest BCUT2D eigenvalue weighted by molar-refractivity contribution is 5.77. The van der Waals surface area contributed by atoms with Crippen LogP contribution in [0.1, 0.15) is 13.3 Å². The third-order valence-corrected chi connectivity index (χ3v) is 2.51. The maximum absolute atomic E-state index is 12.8. The van der Waals surface area contributed by atoms with E-state index in [1.807, 2.05) is 6.92 Å². The summed E-state index contributed by atoms with van der Waals surface area (Å²) in [6.45, 7) is 0.681. The first-order valence-electron chi connectivity index (χ1n) is 6.67. The predicted molar refractivity (Wildman–Crippen MR) is 74.7 cm³/mol. The molecular weight excluding hydrogens is 282 g/mol. The smallest absolute Gasteiger partial charge is 0.277 e. The Bertz CT molecular complexity index is 438. The Morgan fingerprint density at radius 1 is 1.24 bits per heavy atom. The van der Waals surface area contributed by atoms with Crippen LogP contribution in [0.5, 0.6) is 11.5 Å². The van der Waals surface area contributed by atoms with Crippen LogP contribution in [-0.4, -0.2) is 38.1 Å². The zero-order valence-electron chi connectivity index (χ0n) is 11.9. The van der Waals surface area contributed by atoms with E-state index in [2.05, 4.69) is 5.32 Å². The molecule has 3 N–H and O–H groups in total. The SMILES string of the molecule is CCCOc1ccc(OCC(=O)NCC(F)(F)CN)cc1. The summed E-state index contributed by atoms with van der Waals surface area (Å²) in [6.07, 6.45) is 0.909. The average Bonchev–Trinajstić information content (AvgIpc) is 2.50. The second-order valence-electron chi connectivity index (χ2n) is 4.45. The van der Waals surface area contributed by atoms with E-state index in [1.165, 1.54) is 0 Å². The van der Waals surface area contributed by atoms with Crippen LogP contribution in [0.3, 0.4) is 0 Å². The lowest BCUT2D eigenvalue weighted by Crippen LogP contribution is -2.42. The standard InChI is InChI=1S/C14H20F2N2O3/c1-2-7-20-11-3-5-12(6-4-11)21-8-13(19)18-10-14(15,16)9-17/h3-6H,2,7-10,17H2,1H3,(H,18,19). The zero-order valence-corrected chi connectivity index (χ0v) is 11.9. The Morgan fingerprint density at radius 2 is 1.81 bits per heavy atom. The van der Waals surface area contributed by atoms with Gasteiger partial charge in [-0.2, -0.15) is 0 Å². The van der Waals surface area contributed by atoms with Crippen molar-refractivity contribution >= 4 is 5.91 Å². The summed E-state index contributed by atoms with van der Waals surface area (Å²) in [4.78, 5) is 11.4. The van der Waals surface area contributed by atoms with Gasteiger partial charge in [-0.25, -0.2) is 8.78 Å². The highest BCUT2D eigenvalue weighted by Gasteiger charge is 2.27. The van der Waals surface area contributed by atoms with E-state index in [0.29, 0.717) is 18.1 Å². The summed E-state index contributed by atoms with van der Waals surface area (Å²) >= 11 is 0. The van der Waals surface area contributed by atoms with E-state index in [1.54, 1.807) is 24.3 Å². The molecule has 0 atom stereocenters. The molecule has 0 fully saturated rings. The van der Waals surface area contributed by atoms with Crippen LogP contribution >= 0.6 is 0 Å². The van der Waals surface area contributed by atoms with Gasteiger partial charge in [-0.1, -0.05) is 6.92 Å². The van der Waals surface area contributed by atoms with Gasteiger partial charge in [-0.05, 0) is 30.7 Å². The fourth-order valence-corrected chi connectivity index (χ4v) is 1.35. The summed E-state index contributed by atoms with van der Waals surface area (Å²) in [5.41, 5.74) is 4.86. The molecule has 0 bridgehead atoms. The van der Waals surface area contributed by atoms with E-state index in [-0.39, 0.29) is 6.61 Å². The maximum atomic E-state index is 12.8. The number of amides is 1. The van der Waals surface area contributed by atoms with Crippen LogP contribution in [0.25, 0.3) is 0 Å². The van der Waals surface area contributed by atoms with Crippen LogP contribution in [0.2, 0.25) is 0 Å². The molecule has 1 rings (SSSR count). The number of alkyl halides is 2. The first-order chi connectivity index (χ1) is 9.96. The number of hydrogen-bond acceptors (Lipinski definition) is 4. The molecule has 0 aliphatic rings. The molecule has 21 heavy (non-hydrogen) atoms. The van der Waals surface area contributed by atoms with Crippen molar-refractivity contribution in [1.82, 2.24) is 5.32 Å². The van der Waals surface area contributed by atoms with Gasteiger partial charge in [0.25, 0.3) is 11.8 Å². The quantitative estimate of drug-likeness (QED) is 0.726. The van der Waals surface area contributed by atoms with Gasteiger partial charge in [0.05, 0.1) is 19.7 Å². The van der Waals surface area contributed by atoms with Crippen LogP contribution in [0, 0.1) is 0 Å². The first kappa shape index (κ1) is 17.2. The number of carbonyl (C=O) groups is 1. The summed E-state index contributed by atoms with van der Waals surface area (Å²) < 4.78 is 36.2. The topological polar surface area (TPSA) is 73.6 Å². The minimum atomic E-state index is -3.10. The summed E-state index contributed by atoms with van der Waals surface area (Å²) in [7, 11) is 0. The Balaban J connectivity index is 2.32. The fraction of sp³-hybridized carbons (Fsp3) is 0.500. The van der Waals surface area contributed by atoms with Gasteiger partial charge in [0.1, 0.15) is 11.5 Å². The number of nitrogens with one attached hydrogen (secondary N) is 1. The largest absolute Gasteiger partial charge is 0.494 e. The van der Waals surface area contributed by atoms with Crippen molar-refractivity contribution in [2.45, 2.75) is 19.3 Å². The molecule has 0 unspecified atom stereocenters. The van der Waals surface area contributed by atoms with E-state index in [4.69, 9.17) is 15.2 Å². The van der Waals surface area contributed by atoms with Gasteiger partial charge in [0, 0.05) is 0 Å². The Morgan fingerprint density at radius 3 is 2.33 bits per heavy atom. The van der Waals surface area contributed by atoms with Gasteiger partial charge < -0.3 is 20.5 Å². The van der Waals surface area contributed by atoms with Crippen molar-refractivity contribution in [2.75, 3.05) is 26.3 Å². The van der Waals surface area contributed by atoms with Crippen LogP contribution < -0.4 is 20.5 Å². The number of halogens is 2. The van der Waals surface area contributed by atoms with Crippen molar-refractivity contribution in [3.05, 3.63) is 24.3 Å². The highest BCUT2D eigenvalue weighted by Crippen LogP contribution is 2.17. The van der Waals surface area contributed by atoms with Crippen LogP contribution in [-0.2, 0) is 4.79 Å². The van der Waals surface area contributed by atoms with Gasteiger partial charge >= 0.3 is 0 Å². The molecule has 0 aromatic heterocycles. The Hall–Kier alpha value is -1.89. The third kappa shape index (κ3) is 6.89. The molecule has 5 nitrogen and oxygen atoms in total. The van der Waals surface area contributed by atoms with E-state index in [0.717, 1.165) is 6.42 Å². The number of rotatable bonds is 9. The van der Waals surface area contributed by atoms with Crippen molar-refractivity contribution < 1.29 is 23.0 Å². The van der Waals surface area contributed by atoms with Gasteiger partial charge in [0.15, 0.2) is 6.61 Å². The molecule has 1 amide bonds. The monoisotopic (exact) mass is 302 g/mol. The number of benzene rings is 1. The molecule has 0 radical (unpaired) electrons. The second-order valence-corrected chi connectivity index (χ2v) is 4.45. The van der Waals surface area contributed by atoms with Crippen LogP contribution in [0.4, 0.5) is 8.78 Å². The molecule has 0 spiro atoms. The molecular formula is C14H20F2N2O3. The lowest BCUT2D eigenvalue weighted by atomic mass is 10.3. The summed E-state index contributed by atoms with van der Waals surface area (Å²) in [5, 5.41) is 2.06. The van der Waals surface area contributed by atoms with Gasteiger partial charge in [-0.15, -0.1) is 0 Å². The molecule has 0 aliphatic carbocycles. The summed E-state index contributed by atoms with van der Waals surface area (Å²) in [6, 6.07) is 6.72. The van der Waals surface area contributed by atoms with Gasteiger partial charge in [-0.3, -0.25) is 4.79 Å². The molecule has 0 heterocycles. The number of hydrogen-bond donors (Lipinski definition) is 2. The first-order valence-corrected chi connectivity index (χ1v) is 6.67. The van der Waals surface area contributed by atoms with Crippen molar-refractivity contribution in [3.8, 4) is 11.5 Å². The number of carbonyl (C=O) groups excluding carboxylic acids is 1. The highest BCUT2D eigenvalue weighted by atomic mass is 19.3. The molecule has 0 aliphatic heterocycles. The molecule has 118 valence electrons. The van der Waals surface area contributed by atoms with Crippen molar-refractivity contribution in [1.29, 1.82) is 0 Å². The molecule has 0 saturated heterocycles. The molecule has 0 saturated carbocycles.